The first-order chi connectivity index (χ1) is 12.9. The zero-order valence-corrected chi connectivity index (χ0v) is 16.4. The molecule has 2 aromatic rings. The number of hydrogen-bond acceptors (Lipinski definition) is 2. The topological polar surface area (TPSA) is 35.6 Å². The minimum absolute atomic E-state index is 0.0258. The number of fused-ring (bicyclic) bond motifs is 3. The number of piperazine rings is 1. The molecule has 4 nitrogen and oxygen atoms in total. The van der Waals surface area contributed by atoms with Crippen molar-refractivity contribution in [3.8, 4) is 0 Å². The van der Waals surface area contributed by atoms with Crippen molar-refractivity contribution >= 4 is 40.5 Å². The Hall–Kier alpha value is -2.18. The number of rotatable bonds is 1. The largest absolute Gasteiger partial charge is 0.337 e. The van der Waals surface area contributed by atoms with E-state index in [-0.39, 0.29) is 23.5 Å². The van der Waals surface area contributed by atoms with Gasteiger partial charge in [0.25, 0.3) is 0 Å². The summed E-state index contributed by atoms with van der Waals surface area (Å²) in [5.74, 6) is -0.0359. The van der Waals surface area contributed by atoms with Crippen molar-refractivity contribution in [2.75, 3.05) is 25.0 Å². The second kappa shape index (κ2) is 7.09. The van der Waals surface area contributed by atoms with Gasteiger partial charge in [-0.2, -0.15) is 0 Å². The molecule has 27 heavy (non-hydrogen) atoms. The van der Waals surface area contributed by atoms with Crippen molar-refractivity contribution in [2.45, 2.75) is 18.9 Å². The number of carbonyl (C=O) groups excluding carboxylic acids is 1. The van der Waals surface area contributed by atoms with Crippen molar-refractivity contribution in [3.05, 3.63) is 64.4 Å². The number of thiocarbonyl (C=S) groups is 1. The predicted octanol–water partition coefficient (Wildman–Crippen LogP) is 4.18. The normalized spacial score (nSPS) is 21.5. The van der Waals surface area contributed by atoms with E-state index in [0.29, 0.717) is 23.3 Å². The van der Waals surface area contributed by atoms with Crippen LogP contribution in [0.5, 0.6) is 0 Å². The Kier molecular flexibility index (Phi) is 4.78. The molecule has 2 heterocycles. The summed E-state index contributed by atoms with van der Waals surface area (Å²) in [6, 6.07) is 12.3. The molecule has 0 aliphatic carbocycles. The molecule has 4 rings (SSSR count). The van der Waals surface area contributed by atoms with Crippen LogP contribution < -0.4 is 5.32 Å². The molecule has 1 saturated heterocycles. The first-order valence-corrected chi connectivity index (χ1v) is 9.62. The SMILES string of the molecule is C[C@@H]1CN2C(=O)CN(C(=S)Nc3ccc(F)cc3Cl)C[C@H]2c2ccccc21. The van der Waals surface area contributed by atoms with Crippen LogP contribution in [-0.4, -0.2) is 40.5 Å². The van der Waals surface area contributed by atoms with Gasteiger partial charge < -0.3 is 15.1 Å². The standard InChI is InChI=1S/C20H19ClFN3OS/c1-12-9-25-18(15-5-3-2-4-14(12)15)10-24(11-19(25)26)20(27)23-17-7-6-13(22)8-16(17)21/h2-8,12,18H,9-11H2,1H3,(H,23,27)/t12-,18+/m1/s1. The average molecular weight is 404 g/mol. The molecular formula is C20H19ClFN3OS. The first kappa shape index (κ1) is 18.2. The van der Waals surface area contributed by atoms with Crippen LogP contribution in [0.1, 0.15) is 30.0 Å². The van der Waals surface area contributed by atoms with E-state index in [4.69, 9.17) is 23.8 Å². The molecule has 0 radical (unpaired) electrons. The number of nitrogens with zero attached hydrogens (tertiary/aromatic N) is 2. The molecule has 140 valence electrons. The van der Waals surface area contributed by atoms with Gasteiger partial charge in [0.15, 0.2) is 5.11 Å². The maximum atomic E-state index is 13.2. The number of nitrogens with one attached hydrogen (secondary N) is 1. The Balaban J connectivity index is 1.57. The summed E-state index contributed by atoms with van der Waals surface area (Å²) in [7, 11) is 0. The molecule has 0 saturated carbocycles. The van der Waals surface area contributed by atoms with Gasteiger partial charge in [0.1, 0.15) is 5.82 Å². The molecule has 0 unspecified atom stereocenters. The fourth-order valence-electron chi connectivity index (χ4n) is 3.89. The van der Waals surface area contributed by atoms with E-state index >= 15 is 0 Å². The van der Waals surface area contributed by atoms with Gasteiger partial charge in [0.2, 0.25) is 5.91 Å². The molecule has 0 spiro atoms. The van der Waals surface area contributed by atoms with Crippen LogP contribution in [0.15, 0.2) is 42.5 Å². The van der Waals surface area contributed by atoms with Crippen LogP contribution in [0, 0.1) is 5.82 Å². The Morgan fingerprint density at radius 3 is 2.70 bits per heavy atom. The van der Waals surface area contributed by atoms with Gasteiger partial charge in [-0.05, 0) is 47.5 Å². The number of amides is 1. The highest BCUT2D eigenvalue weighted by atomic mass is 35.5. The van der Waals surface area contributed by atoms with Gasteiger partial charge in [-0.25, -0.2) is 4.39 Å². The lowest BCUT2D eigenvalue weighted by atomic mass is 9.85. The third-order valence-electron chi connectivity index (χ3n) is 5.23. The lowest BCUT2D eigenvalue weighted by Crippen LogP contribution is -2.56. The van der Waals surface area contributed by atoms with E-state index in [0.717, 1.165) is 6.54 Å². The van der Waals surface area contributed by atoms with Crippen LogP contribution in [-0.2, 0) is 4.79 Å². The van der Waals surface area contributed by atoms with Crippen molar-refractivity contribution in [1.29, 1.82) is 0 Å². The smallest absolute Gasteiger partial charge is 0.242 e. The summed E-state index contributed by atoms with van der Waals surface area (Å²) < 4.78 is 13.2. The van der Waals surface area contributed by atoms with E-state index < -0.39 is 5.82 Å². The number of carbonyl (C=O) groups is 1. The Morgan fingerprint density at radius 1 is 1.22 bits per heavy atom. The molecule has 2 aliphatic rings. The summed E-state index contributed by atoms with van der Waals surface area (Å²) in [6.07, 6.45) is 0. The van der Waals surface area contributed by atoms with E-state index in [2.05, 4.69) is 24.4 Å². The fourth-order valence-corrected chi connectivity index (χ4v) is 4.35. The second-order valence-electron chi connectivity index (χ2n) is 7.03. The second-order valence-corrected chi connectivity index (χ2v) is 7.82. The summed E-state index contributed by atoms with van der Waals surface area (Å²) in [5.41, 5.74) is 2.99. The van der Waals surface area contributed by atoms with Crippen LogP contribution in [0.3, 0.4) is 0 Å². The van der Waals surface area contributed by atoms with E-state index in [9.17, 15) is 9.18 Å². The summed E-state index contributed by atoms with van der Waals surface area (Å²) >= 11 is 11.6. The molecule has 2 aromatic carbocycles. The van der Waals surface area contributed by atoms with Crippen molar-refractivity contribution in [3.63, 3.8) is 0 Å². The van der Waals surface area contributed by atoms with Crippen molar-refractivity contribution in [2.24, 2.45) is 0 Å². The van der Waals surface area contributed by atoms with Crippen LogP contribution in [0.4, 0.5) is 10.1 Å². The minimum atomic E-state index is -0.409. The predicted molar refractivity (Wildman–Crippen MR) is 109 cm³/mol. The molecular weight excluding hydrogens is 385 g/mol. The average Bonchev–Trinajstić information content (AvgIpc) is 2.65. The van der Waals surface area contributed by atoms with Crippen molar-refractivity contribution < 1.29 is 9.18 Å². The minimum Gasteiger partial charge on any atom is -0.337 e. The zero-order valence-electron chi connectivity index (χ0n) is 14.8. The number of halogens is 2. The third kappa shape index (κ3) is 3.39. The van der Waals surface area contributed by atoms with Crippen molar-refractivity contribution in [1.82, 2.24) is 9.80 Å². The maximum Gasteiger partial charge on any atom is 0.242 e. The van der Waals surface area contributed by atoms with E-state index in [1.165, 1.54) is 23.3 Å². The van der Waals surface area contributed by atoms with Gasteiger partial charge in [-0.3, -0.25) is 4.79 Å². The molecule has 7 heteroatoms. The number of hydrogen-bond donors (Lipinski definition) is 1. The molecule has 2 atom stereocenters. The number of benzene rings is 2. The Bertz CT molecular complexity index is 922. The number of anilines is 1. The van der Waals surface area contributed by atoms with E-state index in [1.54, 1.807) is 6.07 Å². The van der Waals surface area contributed by atoms with Gasteiger partial charge in [-0.1, -0.05) is 42.8 Å². The lowest BCUT2D eigenvalue weighted by molar-refractivity contribution is -0.139. The third-order valence-corrected chi connectivity index (χ3v) is 5.91. The van der Waals surface area contributed by atoms with Gasteiger partial charge in [0, 0.05) is 13.1 Å². The Labute approximate surface area is 167 Å². The zero-order chi connectivity index (χ0) is 19.1. The monoisotopic (exact) mass is 403 g/mol. The quantitative estimate of drug-likeness (QED) is 0.724. The maximum absolute atomic E-state index is 13.2. The van der Waals surface area contributed by atoms with Gasteiger partial charge in [0.05, 0.1) is 23.3 Å². The van der Waals surface area contributed by atoms with Gasteiger partial charge in [-0.15, -0.1) is 0 Å². The highest BCUT2D eigenvalue weighted by Gasteiger charge is 2.39. The molecule has 2 aliphatic heterocycles. The molecule has 1 fully saturated rings. The summed E-state index contributed by atoms with van der Waals surface area (Å²) in [6.45, 7) is 3.70. The Morgan fingerprint density at radius 2 is 1.96 bits per heavy atom. The lowest BCUT2D eigenvalue weighted by Gasteiger charge is -2.47. The highest BCUT2D eigenvalue weighted by molar-refractivity contribution is 7.80. The molecule has 1 amide bonds. The molecule has 1 N–H and O–H groups in total. The van der Waals surface area contributed by atoms with E-state index in [1.807, 2.05) is 21.9 Å². The molecule has 0 bridgehead atoms. The highest BCUT2D eigenvalue weighted by Crippen LogP contribution is 2.38. The van der Waals surface area contributed by atoms with Crippen LogP contribution in [0.2, 0.25) is 5.02 Å². The van der Waals surface area contributed by atoms with Gasteiger partial charge >= 0.3 is 0 Å². The van der Waals surface area contributed by atoms with Crippen LogP contribution >= 0.6 is 23.8 Å². The van der Waals surface area contributed by atoms with Crippen LogP contribution in [0.25, 0.3) is 0 Å². The molecule has 0 aromatic heterocycles. The fraction of sp³-hybridized carbons (Fsp3) is 0.300. The first-order valence-electron chi connectivity index (χ1n) is 8.83. The summed E-state index contributed by atoms with van der Waals surface area (Å²) in [4.78, 5) is 16.6. The summed E-state index contributed by atoms with van der Waals surface area (Å²) in [5, 5.41) is 3.70.